The van der Waals surface area contributed by atoms with Gasteiger partial charge in [0.2, 0.25) is 5.91 Å². The van der Waals surface area contributed by atoms with E-state index < -0.39 is 0 Å². The molecule has 1 aliphatic carbocycles. The van der Waals surface area contributed by atoms with Crippen LogP contribution in [0.4, 0.5) is 5.69 Å². The summed E-state index contributed by atoms with van der Waals surface area (Å²) < 4.78 is 1.01. The molecule has 1 fully saturated rings. The lowest BCUT2D eigenvalue weighted by Gasteiger charge is -2.09. The maximum atomic E-state index is 12.4. The topological polar surface area (TPSA) is 29.1 Å². The summed E-state index contributed by atoms with van der Waals surface area (Å²) in [5.74, 6) is 0.362. The molecule has 1 saturated carbocycles. The molecule has 1 amide bonds. The molecule has 2 aromatic rings. The van der Waals surface area contributed by atoms with Gasteiger partial charge in [0, 0.05) is 21.1 Å². The first-order chi connectivity index (χ1) is 9.61. The molecule has 0 radical (unpaired) electrons. The maximum absolute atomic E-state index is 12.4. The van der Waals surface area contributed by atoms with Gasteiger partial charge in [0.05, 0.1) is 5.41 Å². The van der Waals surface area contributed by atoms with E-state index in [9.17, 15) is 4.79 Å². The Morgan fingerprint density at radius 2 is 1.95 bits per heavy atom. The number of benzene rings is 2. The highest BCUT2D eigenvalue weighted by Gasteiger charge is 2.65. The zero-order chi connectivity index (χ0) is 13.9. The third kappa shape index (κ3) is 1.60. The van der Waals surface area contributed by atoms with Crippen LogP contribution in [0.15, 0.2) is 46.9 Å². The Morgan fingerprint density at radius 1 is 1.20 bits per heavy atom. The Bertz CT molecular complexity index is 728. The summed E-state index contributed by atoms with van der Waals surface area (Å²) in [7, 11) is 0. The zero-order valence-corrected chi connectivity index (χ0v) is 12.8. The van der Waals surface area contributed by atoms with Crippen LogP contribution in [0.3, 0.4) is 0 Å². The van der Waals surface area contributed by atoms with Crippen LogP contribution in [0, 0.1) is 0 Å². The van der Waals surface area contributed by atoms with Crippen molar-refractivity contribution < 1.29 is 4.79 Å². The molecule has 2 aromatic carbocycles. The van der Waals surface area contributed by atoms with Crippen molar-refractivity contribution in [3.8, 4) is 0 Å². The monoisotopic (exact) mass is 347 g/mol. The molecule has 0 bridgehead atoms. The minimum atomic E-state index is -0.382. The van der Waals surface area contributed by atoms with Crippen molar-refractivity contribution in [2.75, 3.05) is 5.32 Å². The molecule has 2 nitrogen and oxygen atoms in total. The van der Waals surface area contributed by atoms with Crippen LogP contribution in [-0.2, 0) is 10.2 Å². The van der Waals surface area contributed by atoms with Gasteiger partial charge in [0.15, 0.2) is 0 Å². The van der Waals surface area contributed by atoms with Crippen LogP contribution in [-0.4, -0.2) is 5.91 Å². The van der Waals surface area contributed by atoms with Gasteiger partial charge in [0.1, 0.15) is 0 Å². The van der Waals surface area contributed by atoms with Crippen molar-refractivity contribution in [3.05, 3.63) is 63.1 Å². The number of carbonyl (C=O) groups excluding carboxylic acids is 1. The predicted molar refractivity (Wildman–Crippen MR) is 83.3 cm³/mol. The largest absolute Gasteiger partial charge is 0.325 e. The molecule has 0 aromatic heterocycles. The molecule has 2 atom stereocenters. The molecule has 4 rings (SSSR count). The fraction of sp³-hybridized carbons (Fsp3) is 0.188. The van der Waals surface area contributed by atoms with E-state index in [4.69, 9.17) is 11.6 Å². The number of halogens is 2. The molecule has 1 aliphatic heterocycles. The van der Waals surface area contributed by atoms with E-state index in [0.29, 0.717) is 0 Å². The van der Waals surface area contributed by atoms with Crippen molar-refractivity contribution >= 4 is 39.1 Å². The van der Waals surface area contributed by atoms with E-state index in [1.54, 1.807) is 0 Å². The van der Waals surface area contributed by atoms with E-state index >= 15 is 0 Å². The second-order valence-corrected chi connectivity index (χ2v) is 6.78. The second kappa shape index (κ2) is 4.09. The quantitative estimate of drug-likeness (QED) is 0.809. The van der Waals surface area contributed by atoms with Gasteiger partial charge in [-0.2, -0.15) is 0 Å². The third-order valence-corrected chi connectivity index (χ3v) is 5.09. The SMILES string of the molecule is O=C1Nc2ccc(Br)cc2[C@]12C[C@H]2c1ccc(Cl)cc1. The second-order valence-electron chi connectivity index (χ2n) is 5.42. The standard InChI is InChI=1S/C16H11BrClNO/c17-10-3-6-14-12(7-10)16(15(20)19-14)8-13(16)9-1-4-11(18)5-2-9/h1-7,13H,8H2,(H,19,20)/t13-,16-/m0/s1. The number of fused-ring (bicyclic) bond motifs is 2. The highest BCUT2D eigenvalue weighted by molar-refractivity contribution is 9.10. The van der Waals surface area contributed by atoms with Gasteiger partial charge in [-0.05, 0) is 47.9 Å². The van der Waals surface area contributed by atoms with Gasteiger partial charge < -0.3 is 5.32 Å². The fourth-order valence-corrected chi connectivity index (χ4v) is 3.75. The molecule has 1 N–H and O–H groups in total. The van der Waals surface area contributed by atoms with Crippen LogP contribution in [0.1, 0.15) is 23.5 Å². The summed E-state index contributed by atoms with van der Waals surface area (Å²) >= 11 is 9.43. The Morgan fingerprint density at radius 3 is 2.70 bits per heavy atom. The van der Waals surface area contributed by atoms with Crippen LogP contribution in [0.25, 0.3) is 0 Å². The van der Waals surface area contributed by atoms with Crippen molar-refractivity contribution in [1.82, 2.24) is 0 Å². The van der Waals surface area contributed by atoms with Crippen LogP contribution in [0.2, 0.25) is 5.02 Å². The minimum absolute atomic E-state index is 0.116. The smallest absolute Gasteiger partial charge is 0.235 e. The molecule has 20 heavy (non-hydrogen) atoms. The van der Waals surface area contributed by atoms with Crippen molar-refractivity contribution in [1.29, 1.82) is 0 Å². The first-order valence-corrected chi connectivity index (χ1v) is 7.65. The predicted octanol–water partition coefficient (Wildman–Crippen LogP) is 4.48. The van der Waals surface area contributed by atoms with Gasteiger partial charge in [-0.15, -0.1) is 0 Å². The summed E-state index contributed by atoms with van der Waals surface area (Å²) in [6.07, 6.45) is 0.865. The molecule has 2 aliphatic rings. The first kappa shape index (κ1) is 12.4. The number of amides is 1. The van der Waals surface area contributed by atoms with Crippen molar-refractivity contribution in [2.24, 2.45) is 0 Å². The zero-order valence-electron chi connectivity index (χ0n) is 10.5. The molecule has 0 unspecified atom stereocenters. The third-order valence-electron chi connectivity index (χ3n) is 4.35. The van der Waals surface area contributed by atoms with E-state index in [1.807, 2.05) is 36.4 Å². The van der Waals surface area contributed by atoms with E-state index in [2.05, 4.69) is 27.3 Å². The summed E-state index contributed by atoms with van der Waals surface area (Å²) in [4.78, 5) is 12.4. The Hall–Kier alpha value is -1.32. The minimum Gasteiger partial charge on any atom is -0.325 e. The van der Waals surface area contributed by atoms with Crippen molar-refractivity contribution in [3.63, 3.8) is 0 Å². The number of anilines is 1. The molecule has 1 heterocycles. The molecular formula is C16H11BrClNO. The molecular weight excluding hydrogens is 338 g/mol. The highest BCUT2D eigenvalue weighted by atomic mass is 79.9. The van der Waals surface area contributed by atoms with Crippen LogP contribution >= 0.6 is 27.5 Å². The number of nitrogens with one attached hydrogen (secondary N) is 1. The average molecular weight is 349 g/mol. The maximum Gasteiger partial charge on any atom is 0.235 e. The fourth-order valence-electron chi connectivity index (χ4n) is 3.26. The number of hydrogen-bond donors (Lipinski definition) is 1. The Labute approximate surface area is 130 Å². The van der Waals surface area contributed by atoms with E-state index in [1.165, 1.54) is 5.56 Å². The lowest BCUT2D eigenvalue weighted by atomic mass is 9.92. The number of hydrogen-bond acceptors (Lipinski definition) is 1. The molecule has 1 spiro atoms. The van der Waals surface area contributed by atoms with Gasteiger partial charge >= 0.3 is 0 Å². The molecule has 4 heteroatoms. The lowest BCUT2D eigenvalue weighted by Crippen LogP contribution is -2.20. The normalized spacial score (nSPS) is 26.5. The Kier molecular flexibility index (Phi) is 2.54. The summed E-state index contributed by atoms with van der Waals surface area (Å²) in [6.45, 7) is 0. The van der Waals surface area contributed by atoms with Gasteiger partial charge in [-0.1, -0.05) is 39.7 Å². The van der Waals surface area contributed by atoms with Gasteiger partial charge in [0.25, 0.3) is 0 Å². The summed E-state index contributed by atoms with van der Waals surface area (Å²) in [5.41, 5.74) is 2.84. The lowest BCUT2D eigenvalue weighted by molar-refractivity contribution is -0.118. The molecule has 0 saturated heterocycles. The van der Waals surface area contributed by atoms with E-state index in [-0.39, 0.29) is 17.2 Å². The van der Waals surface area contributed by atoms with Crippen molar-refractivity contribution in [2.45, 2.75) is 17.8 Å². The summed E-state index contributed by atoms with van der Waals surface area (Å²) in [5, 5.41) is 3.73. The number of carbonyl (C=O) groups is 1. The van der Waals surface area contributed by atoms with Crippen LogP contribution < -0.4 is 5.32 Å². The molecule has 100 valence electrons. The van der Waals surface area contributed by atoms with Gasteiger partial charge in [-0.3, -0.25) is 4.79 Å². The highest BCUT2D eigenvalue weighted by Crippen LogP contribution is 2.65. The average Bonchev–Trinajstić information content (AvgIpc) is 3.12. The summed E-state index contributed by atoms with van der Waals surface area (Å²) in [6, 6.07) is 13.8. The first-order valence-electron chi connectivity index (χ1n) is 6.48. The number of rotatable bonds is 1. The van der Waals surface area contributed by atoms with E-state index in [0.717, 1.165) is 27.2 Å². The van der Waals surface area contributed by atoms with Gasteiger partial charge in [-0.25, -0.2) is 0 Å². The Balaban J connectivity index is 1.79. The van der Waals surface area contributed by atoms with Crippen LogP contribution in [0.5, 0.6) is 0 Å².